The molecule has 4 nitrogen and oxygen atoms in total. The summed E-state index contributed by atoms with van der Waals surface area (Å²) >= 11 is 1.95. The molecule has 3 atom stereocenters. The monoisotopic (exact) mass is 284 g/mol. The number of piperazine rings is 1. The van der Waals surface area contributed by atoms with Gasteiger partial charge in [0.1, 0.15) is 12.1 Å². The molecule has 19 heavy (non-hydrogen) atoms. The Labute approximate surface area is 119 Å². The molecule has 2 rings (SSSR count). The summed E-state index contributed by atoms with van der Waals surface area (Å²) in [7, 11) is 0. The predicted octanol–water partition coefficient (Wildman–Crippen LogP) is 1.64. The SMILES string of the molecule is CC1NC(=O)C(C(C)C)N(CC2CCCCS2)C1=O. The van der Waals surface area contributed by atoms with Gasteiger partial charge in [0, 0.05) is 11.8 Å². The number of hydrogen-bond acceptors (Lipinski definition) is 3. The lowest BCUT2D eigenvalue weighted by molar-refractivity contribution is -0.150. The molecule has 0 bridgehead atoms. The van der Waals surface area contributed by atoms with Crippen molar-refractivity contribution in [2.45, 2.75) is 57.4 Å². The second kappa shape index (κ2) is 6.16. The fourth-order valence-electron chi connectivity index (χ4n) is 2.92. The van der Waals surface area contributed by atoms with Crippen LogP contribution in [0.15, 0.2) is 0 Å². The van der Waals surface area contributed by atoms with Crippen LogP contribution in [-0.2, 0) is 9.59 Å². The molecule has 2 heterocycles. The Balaban J connectivity index is 2.11. The molecule has 0 aromatic carbocycles. The van der Waals surface area contributed by atoms with Gasteiger partial charge in [-0.15, -0.1) is 0 Å². The molecule has 0 spiro atoms. The lowest BCUT2D eigenvalue weighted by Gasteiger charge is -2.41. The Morgan fingerprint density at radius 1 is 1.37 bits per heavy atom. The second-order valence-electron chi connectivity index (χ2n) is 5.90. The van der Waals surface area contributed by atoms with Crippen LogP contribution in [0.3, 0.4) is 0 Å². The van der Waals surface area contributed by atoms with Crippen molar-refractivity contribution in [3.8, 4) is 0 Å². The van der Waals surface area contributed by atoms with Crippen LogP contribution < -0.4 is 5.32 Å². The summed E-state index contributed by atoms with van der Waals surface area (Å²) in [4.78, 5) is 26.3. The quantitative estimate of drug-likeness (QED) is 0.857. The van der Waals surface area contributed by atoms with E-state index in [1.807, 2.05) is 30.5 Å². The highest BCUT2D eigenvalue weighted by molar-refractivity contribution is 7.99. The van der Waals surface area contributed by atoms with Crippen molar-refractivity contribution >= 4 is 23.6 Å². The Morgan fingerprint density at radius 2 is 2.11 bits per heavy atom. The molecule has 2 amide bonds. The smallest absolute Gasteiger partial charge is 0.245 e. The molecule has 0 saturated carbocycles. The van der Waals surface area contributed by atoms with Crippen molar-refractivity contribution in [3.05, 3.63) is 0 Å². The van der Waals surface area contributed by atoms with E-state index < -0.39 is 0 Å². The number of amides is 2. The molecule has 5 heteroatoms. The van der Waals surface area contributed by atoms with E-state index in [9.17, 15) is 9.59 Å². The Kier molecular flexibility index (Phi) is 4.76. The van der Waals surface area contributed by atoms with Crippen LogP contribution in [0.2, 0.25) is 0 Å². The summed E-state index contributed by atoms with van der Waals surface area (Å²) in [5, 5.41) is 3.29. The molecule has 2 aliphatic heterocycles. The van der Waals surface area contributed by atoms with E-state index in [4.69, 9.17) is 0 Å². The second-order valence-corrected chi connectivity index (χ2v) is 7.31. The molecular weight excluding hydrogens is 260 g/mol. The number of carbonyl (C=O) groups excluding carboxylic acids is 2. The third kappa shape index (κ3) is 3.25. The van der Waals surface area contributed by atoms with Gasteiger partial charge in [-0.05, 0) is 31.4 Å². The molecular formula is C14H24N2O2S. The van der Waals surface area contributed by atoms with E-state index in [1.165, 1.54) is 18.6 Å². The van der Waals surface area contributed by atoms with Crippen molar-refractivity contribution in [2.24, 2.45) is 5.92 Å². The first kappa shape index (κ1) is 14.7. The van der Waals surface area contributed by atoms with Crippen molar-refractivity contribution < 1.29 is 9.59 Å². The highest BCUT2D eigenvalue weighted by Crippen LogP contribution is 2.28. The third-order valence-electron chi connectivity index (χ3n) is 3.92. The van der Waals surface area contributed by atoms with Gasteiger partial charge in [0.15, 0.2) is 0 Å². The molecule has 0 aromatic heterocycles. The fourth-order valence-corrected chi connectivity index (χ4v) is 4.23. The van der Waals surface area contributed by atoms with Gasteiger partial charge in [-0.2, -0.15) is 11.8 Å². The summed E-state index contributed by atoms with van der Waals surface area (Å²) in [6, 6.07) is -0.678. The van der Waals surface area contributed by atoms with Crippen molar-refractivity contribution in [2.75, 3.05) is 12.3 Å². The fraction of sp³-hybridized carbons (Fsp3) is 0.857. The van der Waals surface area contributed by atoms with E-state index in [2.05, 4.69) is 5.32 Å². The third-order valence-corrected chi connectivity index (χ3v) is 5.30. The van der Waals surface area contributed by atoms with Gasteiger partial charge in [-0.1, -0.05) is 20.3 Å². The van der Waals surface area contributed by atoms with Gasteiger partial charge < -0.3 is 10.2 Å². The zero-order valence-electron chi connectivity index (χ0n) is 12.0. The molecule has 1 N–H and O–H groups in total. The van der Waals surface area contributed by atoms with Crippen LogP contribution in [0.4, 0.5) is 0 Å². The summed E-state index contributed by atoms with van der Waals surface area (Å²) in [6.07, 6.45) is 3.68. The minimum Gasteiger partial charge on any atom is -0.343 e. The van der Waals surface area contributed by atoms with Crippen molar-refractivity contribution in [1.82, 2.24) is 10.2 Å². The maximum Gasteiger partial charge on any atom is 0.245 e. The average Bonchev–Trinajstić information content (AvgIpc) is 2.36. The summed E-state index contributed by atoms with van der Waals surface area (Å²) < 4.78 is 0. The summed E-state index contributed by atoms with van der Waals surface area (Å²) in [5.74, 6) is 1.42. The van der Waals surface area contributed by atoms with E-state index in [0.29, 0.717) is 5.25 Å². The zero-order valence-corrected chi connectivity index (χ0v) is 12.8. The Morgan fingerprint density at radius 3 is 2.68 bits per heavy atom. The van der Waals surface area contributed by atoms with Crippen molar-refractivity contribution in [3.63, 3.8) is 0 Å². The lowest BCUT2D eigenvalue weighted by atomic mass is 9.97. The van der Waals surface area contributed by atoms with Crippen molar-refractivity contribution in [1.29, 1.82) is 0 Å². The Bertz CT molecular complexity index is 353. The van der Waals surface area contributed by atoms with Gasteiger partial charge in [0.2, 0.25) is 11.8 Å². The van der Waals surface area contributed by atoms with E-state index >= 15 is 0 Å². The van der Waals surface area contributed by atoms with Crippen LogP contribution in [0.25, 0.3) is 0 Å². The molecule has 0 radical (unpaired) electrons. The lowest BCUT2D eigenvalue weighted by Crippen LogP contribution is -2.64. The molecule has 108 valence electrons. The van der Waals surface area contributed by atoms with E-state index in [1.54, 1.807) is 6.92 Å². The minimum absolute atomic E-state index is 0.00269. The number of nitrogens with zero attached hydrogens (tertiary/aromatic N) is 1. The predicted molar refractivity (Wildman–Crippen MR) is 78.0 cm³/mol. The molecule has 0 aromatic rings. The first-order chi connectivity index (χ1) is 9.00. The number of carbonyl (C=O) groups is 2. The van der Waals surface area contributed by atoms with Crippen LogP contribution in [0.1, 0.15) is 40.0 Å². The van der Waals surface area contributed by atoms with Gasteiger partial charge in [0.05, 0.1) is 0 Å². The Hall–Kier alpha value is -0.710. The van der Waals surface area contributed by atoms with Crippen LogP contribution in [-0.4, -0.2) is 46.3 Å². The summed E-state index contributed by atoms with van der Waals surface area (Å²) in [6.45, 7) is 6.52. The van der Waals surface area contributed by atoms with E-state index in [-0.39, 0.29) is 29.8 Å². The first-order valence-corrected chi connectivity index (χ1v) is 8.28. The molecule has 3 unspecified atom stereocenters. The largest absolute Gasteiger partial charge is 0.343 e. The van der Waals surface area contributed by atoms with Gasteiger partial charge in [0.25, 0.3) is 0 Å². The van der Waals surface area contributed by atoms with Crippen LogP contribution >= 0.6 is 11.8 Å². The normalized spacial score (nSPS) is 32.6. The molecule has 2 saturated heterocycles. The van der Waals surface area contributed by atoms with Gasteiger partial charge >= 0.3 is 0 Å². The molecule has 0 aliphatic carbocycles. The highest BCUT2D eigenvalue weighted by atomic mass is 32.2. The number of nitrogens with one attached hydrogen (secondary N) is 1. The van der Waals surface area contributed by atoms with Gasteiger partial charge in [-0.25, -0.2) is 0 Å². The summed E-state index contributed by atoms with van der Waals surface area (Å²) in [5.41, 5.74) is 0. The topological polar surface area (TPSA) is 49.4 Å². The van der Waals surface area contributed by atoms with E-state index in [0.717, 1.165) is 13.0 Å². The molecule has 2 fully saturated rings. The number of rotatable bonds is 3. The highest BCUT2D eigenvalue weighted by Gasteiger charge is 2.41. The average molecular weight is 284 g/mol. The van der Waals surface area contributed by atoms with Gasteiger partial charge in [-0.3, -0.25) is 9.59 Å². The maximum absolute atomic E-state index is 12.4. The minimum atomic E-state index is -0.379. The number of thioether (sulfide) groups is 1. The zero-order chi connectivity index (χ0) is 14.0. The maximum atomic E-state index is 12.4. The van der Waals surface area contributed by atoms with Crippen LogP contribution in [0, 0.1) is 5.92 Å². The standard InChI is InChI=1S/C14H24N2O2S/c1-9(2)12-13(17)15-10(3)14(18)16(12)8-11-6-4-5-7-19-11/h9-12H,4-8H2,1-3H3,(H,15,17). The first-order valence-electron chi connectivity index (χ1n) is 7.23. The molecule has 2 aliphatic rings. The van der Waals surface area contributed by atoms with Crippen LogP contribution in [0.5, 0.6) is 0 Å². The number of hydrogen-bond donors (Lipinski definition) is 1.